The van der Waals surface area contributed by atoms with Gasteiger partial charge in [-0.05, 0) is 88.6 Å². The van der Waals surface area contributed by atoms with Crippen molar-refractivity contribution in [3.63, 3.8) is 0 Å². The molecule has 14 heteroatoms. The summed E-state index contributed by atoms with van der Waals surface area (Å²) in [5, 5.41) is 0. The lowest BCUT2D eigenvalue weighted by molar-refractivity contribution is 0.0786. The molecule has 2 aliphatic carbocycles. The van der Waals surface area contributed by atoms with Crippen LogP contribution in [0.1, 0.15) is 124 Å². The highest BCUT2D eigenvalue weighted by molar-refractivity contribution is 9.10. The molecular formula is C46H52Br2N10O2. The molecule has 10 rings (SSSR count). The molecule has 0 radical (unpaired) electrons. The van der Waals surface area contributed by atoms with E-state index in [1.54, 1.807) is 18.6 Å². The maximum Gasteiger partial charge on any atom is 0.172 e. The second kappa shape index (κ2) is 18.4. The molecule has 2 saturated carbocycles. The van der Waals surface area contributed by atoms with Crippen molar-refractivity contribution in [2.45, 2.75) is 104 Å². The number of nitrogens with zero attached hydrogens (tertiary/aromatic N) is 7. The summed E-state index contributed by atoms with van der Waals surface area (Å²) >= 11 is 6.55. The molecule has 0 atom stereocenters. The lowest BCUT2D eigenvalue weighted by Gasteiger charge is -2.25. The second-order valence-corrected chi connectivity index (χ2v) is 18.6. The Morgan fingerprint density at radius 3 is 1.75 bits per heavy atom. The van der Waals surface area contributed by atoms with Crippen LogP contribution in [0.15, 0.2) is 76.7 Å². The minimum Gasteiger partial charge on any atom is -0.372 e. The van der Waals surface area contributed by atoms with Crippen LogP contribution in [-0.4, -0.2) is 69.5 Å². The van der Waals surface area contributed by atoms with Crippen LogP contribution in [0.2, 0.25) is 0 Å². The van der Waals surface area contributed by atoms with E-state index in [4.69, 9.17) is 4.98 Å². The molecule has 0 amide bonds. The van der Waals surface area contributed by atoms with E-state index in [0.717, 1.165) is 91.5 Å². The van der Waals surface area contributed by atoms with Gasteiger partial charge in [-0.2, -0.15) is 0 Å². The van der Waals surface area contributed by atoms with Crippen molar-refractivity contribution in [2.75, 3.05) is 18.0 Å². The van der Waals surface area contributed by atoms with Crippen LogP contribution < -0.4 is 4.90 Å². The molecule has 1 aromatic carbocycles. The third kappa shape index (κ3) is 9.24. The number of hydrogen-bond acceptors (Lipinski definition) is 9. The molecule has 7 aromatic rings. The number of fused-ring (bicyclic) bond motifs is 3. The fourth-order valence-corrected chi connectivity index (χ4v) is 9.59. The molecule has 12 nitrogen and oxygen atoms in total. The monoisotopic (exact) mass is 934 g/mol. The van der Waals surface area contributed by atoms with Crippen LogP contribution in [0, 0.1) is 10.8 Å². The lowest BCUT2D eigenvalue weighted by atomic mass is 9.76. The minimum absolute atomic E-state index is 0.207. The summed E-state index contributed by atoms with van der Waals surface area (Å²) < 4.78 is 1.42. The highest BCUT2D eigenvalue weighted by Crippen LogP contribution is 2.40. The summed E-state index contributed by atoms with van der Waals surface area (Å²) in [5.41, 5.74) is 8.39. The zero-order chi connectivity index (χ0) is 41.7. The summed E-state index contributed by atoms with van der Waals surface area (Å²) in [6, 6.07) is 10.4. The predicted octanol–water partition coefficient (Wildman–Crippen LogP) is 11.8. The Labute approximate surface area is 366 Å². The number of aromatic nitrogens is 9. The van der Waals surface area contributed by atoms with Crippen LogP contribution in [-0.2, 0) is 0 Å². The van der Waals surface area contributed by atoms with Crippen molar-refractivity contribution in [1.29, 1.82) is 0 Å². The number of halogens is 2. The van der Waals surface area contributed by atoms with Gasteiger partial charge in [0.15, 0.2) is 28.5 Å². The Morgan fingerprint density at radius 2 is 1.15 bits per heavy atom. The first-order valence-corrected chi connectivity index (χ1v) is 22.9. The summed E-state index contributed by atoms with van der Waals surface area (Å²) in [6.45, 7) is 6.47. The number of carbonyl (C=O) groups excluding carboxylic acids is 2. The van der Waals surface area contributed by atoms with E-state index < -0.39 is 0 Å². The molecule has 0 bridgehead atoms. The van der Waals surface area contributed by atoms with E-state index in [-0.39, 0.29) is 22.4 Å². The summed E-state index contributed by atoms with van der Waals surface area (Å²) in [6.07, 6.45) is 26.4. The molecule has 7 heterocycles. The Balaban J connectivity index is 0.000000142. The van der Waals surface area contributed by atoms with E-state index in [1.807, 2.05) is 24.7 Å². The molecule has 1 aliphatic heterocycles. The first kappa shape index (κ1) is 41.9. The zero-order valence-electron chi connectivity index (χ0n) is 34.4. The van der Waals surface area contributed by atoms with Crippen LogP contribution in [0.4, 0.5) is 5.69 Å². The molecule has 3 fully saturated rings. The third-order valence-corrected chi connectivity index (χ3v) is 13.3. The molecule has 3 aliphatic rings. The Hall–Kier alpha value is -4.82. The number of benzene rings is 1. The van der Waals surface area contributed by atoms with E-state index in [2.05, 4.69) is 115 Å². The van der Waals surface area contributed by atoms with Crippen LogP contribution in [0.3, 0.4) is 0 Å². The number of ketones is 2. The van der Waals surface area contributed by atoms with Gasteiger partial charge in [0, 0.05) is 53.8 Å². The zero-order valence-corrected chi connectivity index (χ0v) is 37.5. The number of aromatic amines is 3. The van der Waals surface area contributed by atoms with Gasteiger partial charge in [-0.1, -0.05) is 77.3 Å². The summed E-state index contributed by atoms with van der Waals surface area (Å²) in [5.74, 6) is 0.422. The van der Waals surface area contributed by atoms with E-state index in [0.29, 0.717) is 38.1 Å². The Kier molecular flexibility index (Phi) is 12.9. The molecule has 312 valence electrons. The average Bonchev–Trinajstić information content (AvgIpc) is 4.07. The van der Waals surface area contributed by atoms with Gasteiger partial charge < -0.3 is 19.9 Å². The molecular weight excluding hydrogens is 884 g/mol. The highest BCUT2D eigenvalue weighted by atomic mass is 79.9. The van der Waals surface area contributed by atoms with Gasteiger partial charge in [0.25, 0.3) is 0 Å². The number of hydrogen-bond donors (Lipinski definition) is 3. The Morgan fingerprint density at radius 1 is 0.617 bits per heavy atom. The summed E-state index contributed by atoms with van der Waals surface area (Å²) in [4.78, 5) is 64.5. The fraction of sp³-hybridized carbons (Fsp3) is 0.435. The lowest BCUT2D eigenvalue weighted by Crippen LogP contribution is -2.27. The molecule has 6 aromatic heterocycles. The van der Waals surface area contributed by atoms with E-state index in [9.17, 15) is 9.59 Å². The van der Waals surface area contributed by atoms with Crippen molar-refractivity contribution >= 4 is 82.6 Å². The maximum atomic E-state index is 13.5. The predicted molar refractivity (Wildman–Crippen MR) is 244 cm³/mol. The average molecular weight is 937 g/mol. The molecule has 0 spiro atoms. The number of Topliss-reactive ketones (excluding diaryl/α,β-unsaturated/α-hetero) is 2. The topological polar surface area (TPSA) is 162 Å². The van der Waals surface area contributed by atoms with Gasteiger partial charge in [-0.25, -0.2) is 29.9 Å². The first-order valence-electron chi connectivity index (χ1n) is 21.3. The number of anilines is 1. The van der Waals surface area contributed by atoms with Crippen LogP contribution >= 0.6 is 31.9 Å². The first-order chi connectivity index (χ1) is 29.1. The van der Waals surface area contributed by atoms with Crippen molar-refractivity contribution < 1.29 is 9.59 Å². The van der Waals surface area contributed by atoms with Crippen molar-refractivity contribution in [2.24, 2.45) is 10.8 Å². The molecule has 60 heavy (non-hydrogen) atoms. The number of rotatable bonds is 6. The SMILES string of the molecule is Brc1cnc2[nH]ccc2n1.CC1(C(=O)c2c[nH]c3ncc(-c4cccc(N5CCCC5)c4)nc23)CCCCCC1.CC1(C(=O)c2c[nH]c3ncc(Br)nc23)CCCCCC1. The van der Waals surface area contributed by atoms with E-state index >= 15 is 0 Å². The van der Waals surface area contributed by atoms with E-state index in [1.165, 1.54) is 44.2 Å². The van der Waals surface area contributed by atoms with Crippen molar-refractivity contribution in [1.82, 2.24) is 44.9 Å². The number of nitrogens with one attached hydrogen (secondary N) is 3. The van der Waals surface area contributed by atoms with Gasteiger partial charge in [-0.15, -0.1) is 0 Å². The maximum absolute atomic E-state index is 13.5. The minimum atomic E-state index is -0.293. The van der Waals surface area contributed by atoms with Crippen LogP contribution in [0.5, 0.6) is 0 Å². The van der Waals surface area contributed by atoms with Gasteiger partial charge in [0.05, 0.1) is 35.4 Å². The highest BCUT2D eigenvalue weighted by Gasteiger charge is 2.37. The third-order valence-electron chi connectivity index (χ3n) is 12.6. The smallest absolute Gasteiger partial charge is 0.172 e. The van der Waals surface area contributed by atoms with Gasteiger partial charge in [-0.3, -0.25) is 9.59 Å². The van der Waals surface area contributed by atoms with Crippen LogP contribution in [0.25, 0.3) is 44.7 Å². The van der Waals surface area contributed by atoms with Gasteiger partial charge in [0.2, 0.25) is 0 Å². The largest absolute Gasteiger partial charge is 0.372 e. The molecule has 3 N–H and O–H groups in total. The van der Waals surface area contributed by atoms with Gasteiger partial charge in [0.1, 0.15) is 25.8 Å². The fourth-order valence-electron chi connectivity index (χ4n) is 9.01. The normalized spacial score (nSPS) is 17.6. The molecule has 1 saturated heterocycles. The standard InChI is InChI=1S/C25H30N4O.C15H18BrN3O.C6H4BrN3/c1-25(11-4-2-3-5-12-25)23(30)20-16-26-24-22(20)28-21(17-27-24)18-9-8-10-19(15-18)29-13-6-7-14-29;1-15(6-4-2-3-5-7-15)13(20)10-8-17-14-12(10)19-11(16)9-18-14;7-5-3-9-6-4(10-5)1-2-8-6/h8-10,15-17H,2-7,11-14H2,1H3,(H,26,27);8-9H,2-7H2,1H3,(H,17,18);1-3H,(H,8,9). The quantitative estimate of drug-likeness (QED) is 0.109. The van der Waals surface area contributed by atoms with Crippen molar-refractivity contribution in [3.8, 4) is 11.3 Å². The number of carbonyl (C=O) groups is 2. The molecule has 0 unspecified atom stereocenters. The summed E-state index contributed by atoms with van der Waals surface area (Å²) in [7, 11) is 0. The van der Waals surface area contributed by atoms with Crippen molar-refractivity contribution in [3.05, 3.63) is 87.8 Å². The van der Waals surface area contributed by atoms with Gasteiger partial charge >= 0.3 is 0 Å². The Bertz CT molecular complexity index is 2590. The second-order valence-electron chi connectivity index (χ2n) is 17.0. The number of H-pyrrole nitrogens is 3.